The molecule has 0 radical (unpaired) electrons. The molecule has 2 aliphatic heterocycles. The summed E-state index contributed by atoms with van der Waals surface area (Å²) in [4.78, 5) is 20.9. The number of piperidine rings is 1. The Morgan fingerprint density at radius 3 is 2.36 bits per heavy atom. The monoisotopic (exact) mass is 351 g/mol. The summed E-state index contributed by atoms with van der Waals surface area (Å²) in [6.45, 7) is 6.71. The topological polar surface area (TPSA) is 60.0 Å². The molecule has 6 heteroatoms. The third kappa shape index (κ3) is 7.22. The average Bonchev–Trinajstić information content (AvgIpc) is 2.91. The third-order valence-electron chi connectivity index (χ3n) is 5.51. The summed E-state index contributed by atoms with van der Waals surface area (Å²) in [5, 5.41) is 6.26. The molecule has 0 aliphatic carbocycles. The fourth-order valence-corrected chi connectivity index (χ4v) is 3.91. The van der Waals surface area contributed by atoms with E-state index in [-0.39, 0.29) is 5.91 Å². The van der Waals surface area contributed by atoms with Crippen molar-refractivity contribution in [1.82, 2.24) is 20.4 Å². The van der Waals surface area contributed by atoms with E-state index in [1.54, 1.807) is 7.05 Å². The number of aliphatic imine (C=N–C) groups is 1. The molecular weight excluding hydrogens is 314 g/mol. The van der Waals surface area contributed by atoms with Crippen molar-refractivity contribution in [2.75, 3.05) is 53.4 Å². The van der Waals surface area contributed by atoms with Crippen LogP contribution in [0.1, 0.15) is 51.4 Å². The zero-order valence-corrected chi connectivity index (χ0v) is 16.2. The second kappa shape index (κ2) is 11.3. The maximum Gasteiger partial charge on any atom is 0.220 e. The number of nitrogens with zero attached hydrogens (tertiary/aromatic N) is 3. The standard InChI is InChI=1S/C19H37N5O/c1-20-18(25)16-17-8-14-24(15-9-17)19(21-2)22-10-7-13-23-11-5-3-4-6-12-23/h17H,3-16H2,1-2H3,(H,20,25)(H,21,22). The smallest absolute Gasteiger partial charge is 0.220 e. The van der Waals surface area contributed by atoms with Crippen LogP contribution in [0.3, 0.4) is 0 Å². The molecule has 2 N–H and O–H groups in total. The minimum absolute atomic E-state index is 0.162. The summed E-state index contributed by atoms with van der Waals surface area (Å²) >= 11 is 0. The van der Waals surface area contributed by atoms with Crippen LogP contribution >= 0.6 is 0 Å². The summed E-state index contributed by atoms with van der Waals surface area (Å²) < 4.78 is 0. The van der Waals surface area contributed by atoms with Gasteiger partial charge >= 0.3 is 0 Å². The Morgan fingerprint density at radius 1 is 1.08 bits per heavy atom. The lowest BCUT2D eigenvalue weighted by Gasteiger charge is -2.34. The van der Waals surface area contributed by atoms with Crippen molar-refractivity contribution in [3.63, 3.8) is 0 Å². The number of likely N-dealkylation sites (tertiary alicyclic amines) is 2. The Morgan fingerprint density at radius 2 is 1.76 bits per heavy atom. The average molecular weight is 352 g/mol. The van der Waals surface area contributed by atoms with Gasteiger partial charge in [0.2, 0.25) is 5.91 Å². The Hall–Kier alpha value is -1.30. The number of carbonyl (C=O) groups excluding carboxylic acids is 1. The summed E-state index contributed by atoms with van der Waals surface area (Å²) in [6, 6.07) is 0. The van der Waals surface area contributed by atoms with Crippen molar-refractivity contribution in [2.24, 2.45) is 10.9 Å². The maximum absolute atomic E-state index is 11.5. The number of guanidine groups is 1. The fraction of sp³-hybridized carbons (Fsp3) is 0.895. The van der Waals surface area contributed by atoms with Crippen LogP contribution in [-0.4, -0.2) is 75.0 Å². The van der Waals surface area contributed by atoms with Crippen LogP contribution < -0.4 is 10.6 Å². The van der Waals surface area contributed by atoms with Crippen LogP contribution in [0.25, 0.3) is 0 Å². The van der Waals surface area contributed by atoms with Crippen molar-refractivity contribution in [1.29, 1.82) is 0 Å². The van der Waals surface area contributed by atoms with E-state index in [4.69, 9.17) is 0 Å². The first kappa shape index (κ1) is 20.0. The molecule has 6 nitrogen and oxygen atoms in total. The van der Waals surface area contributed by atoms with Gasteiger partial charge in [0, 0.05) is 40.2 Å². The first-order chi connectivity index (χ1) is 12.2. The van der Waals surface area contributed by atoms with Crippen LogP contribution in [0.5, 0.6) is 0 Å². The first-order valence-electron chi connectivity index (χ1n) is 10.1. The quantitative estimate of drug-likeness (QED) is 0.434. The first-order valence-corrected chi connectivity index (χ1v) is 10.1. The molecule has 2 aliphatic rings. The highest BCUT2D eigenvalue weighted by Crippen LogP contribution is 2.20. The van der Waals surface area contributed by atoms with Gasteiger partial charge in [-0.3, -0.25) is 9.79 Å². The molecule has 2 fully saturated rings. The molecule has 1 amide bonds. The van der Waals surface area contributed by atoms with Crippen molar-refractivity contribution in [2.45, 2.75) is 51.4 Å². The van der Waals surface area contributed by atoms with Gasteiger partial charge < -0.3 is 20.4 Å². The van der Waals surface area contributed by atoms with Gasteiger partial charge in [-0.2, -0.15) is 0 Å². The van der Waals surface area contributed by atoms with Gasteiger partial charge in [-0.15, -0.1) is 0 Å². The number of nitrogens with one attached hydrogen (secondary N) is 2. The van der Waals surface area contributed by atoms with Gasteiger partial charge in [0.25, 0.3) is 0 Å². The Bertz CT molecular complexity index is 410. The largest absolute Gasteiger partial charge is 0.359 e. The lowest BCUT2D eigenvalue weighted by atomic mass is 9.93. The van der Waals surface area contributed by atoms with Gasteiger partial charge in [0.1, 0.15) is 0 Å². The van der Waals surface area contributed by atoms with E-state index in [9.17, 15) is 4.79 Å². The molecule has 0 aromatic rings. The summed E-state index contributed by atoms with van der Waals surface area (Å²) in [5.41, 5.74) is 0. The van der Waals surface area contributed by atoms with E-state index in [1.165, 1.54) is 51.7 Å². The van der Waals surface area contributed by atoms with E-state index in [0.29, 0.717) is 12.3 Å². The minimum atomic E-state index is 0.162. The van der Waals surface area contributed by atoms with E-state index < -0.39 is 0 Å². The molecule has 2 saturated heterocycles. The zero-order valence-electron chi connectivity index (χ0n) is 16.2. The summed E-state index contributed by atoms with van der Waals surface area (Å²) in [7, 11) is 3.59. The molecule has 0 unspecified atom stereocenters. The highest BCUT2D eigenvalue weighted by Gasteiger charge is 2.22. The van der Waals surface area contributed by atoms with Gasteiger partial charge in [0.15, 0.2) is 5.96 Å². The normalized spacial score (nSPS) is 21.0. The number of carbonyl (C=O) groups is 1. The number of rotatable bonds is 6. The van der Waals surface area contributed by atoms with E-state index in [1.807, 2.05) is 7.05 Å². The van der Waals surface area contributed by atoms with E-state index >= 15 is 0 Å². The molecule has 0 aromatic heterocycles. The lowest BCUT2D eigenvalue weighted by molar-refractivity contribution is -0.121. The highest BCUT2D eigenvalue weighted by atomic mass is 16.1. The van der Waals surface area contributed by atoms with Crippen molar-refractivity contribution >= 4 is 11.9 Å². The minimum Gasteiger partial charge on any atom is -0.359 e. The summed E-state index contributed by atoms with van der Waals surface area (Å²) in [6.07, 6.45) is 9.50. The van der Waals surface area contributed by atoms with E-state index in [2.05, 4.69) is 25.4 Å². The van der Waals surface area contributed by atoms with Crippen LogP contribution in [0.4, 0.5) is 0 Å². The number of amides is 1. The van der Waals surface area contributed by atoms with Crippen LogP contribution in [0.15, 0.2) is 4.99 Å². The van der Waals surface area contributed by atoms with Crippen molar-refractivity contribution < 1.29 is 4.79 Å². The molecule has 2 heterocycles. The van der Waals surface area contributed by atoms with E-state index in [0.717, 1.165) is 38.4 Å². The molecule has 0 spiro atoms. The molecule has 0 aromatic carbocycles. The summed E-state index contributed by atoms with van der Waals surface area (Å²) in [5.74, 6) is 1.70. The second-order valence-electron chi connectivity index (χ2n) is 7.39. The number of hydrogen-bond donors (Lipinski definition) is 2. The zero-order chi connectivity index (χ0) is 17.9. The Labute approximate surface area is 153 Å². The SMILES string of the molecule is CN=C(NCCCN1CCCCCC1)N1CCC(CC(=O)NC)CC1. The molecule has 25 heavy (non-hydrogen) atoms. The Kier molecular flexibility index (Phi) is 9.08. The molecule has 2 rings (SSSR count). The maximum atomic E-state index is 11.5. The van der Waals surface area contributed by atoms with Crippen molar-refractivity contribution in [3.8, 4) is 0 Å². The predicted molar refractivity (Wildman–Crippen MR) is 104 cm³/mol. The molecule has 0 atom stereocenters. The molecule has 0 bridgehead atoms. The second-order valence-corrected chi connectivity index (χ2v) is 7.39. The number of hydrogen-bond acceptors (Lipinski definition) is 3. The molecular formula is C19H37N5O. The predicted octanol–water partition coefficient (Wildman–Crippen LogP) is 1.68. The van der Waals surface area contributed by atoms with Crippen LogP contribution in [0.2, 0.25) is 0 Å². The van der Waals surface area contributed by atoms with Gasteiger partial charge in [0.05, 0.1) is 0 Å². The Balaban J connectivity index is 1.63. The van der Waals surface area contributed by atoms with Crippen molar-refractivity contribution in [3.05, 3.63) is 0 Å². The van der Waals surface area contributed by atoms with Gasteiger partial charge in [-0.1, -0.05) is 12.8 Å². The van der Waals surface area contributed by atoms with Gasteiger partial charge in [-0.05, 0) is 57.7 Å². The fourth-order valence-electron chi connectivity index (χ4n) is 3.91. The third-order valence-corrected chi connectivity index (χ3v) is 5.51. The van der Waals surface area contributed by atoms with Crippen LogP contribution in [-0.2, 0) is 4.79 Å². The lowest BCUT2D eigenvalue weighted by Crippen LogP contribution is -2.46. The van der Waals surface area contributed by atoms with Crippen LogP contribution in [0, 0.1) is 5.92 Å². The highest BCUT2D eigenvalue weighted by molar-refractivity contribution is 5.80. The molecule has 0 saturated carbocycles. The molecule has 144 valence electrons. The van der Waals surface area contributed by atoms with Gasteiger partial charge in [-0.25, -0.2) is 0 Å².